The van der Waals surface area contributed by atoms with Gasteiger partial charge in [-0.25, -0.2) is 0 Å². The maximum absolute atomic E-state index is 12.1. The largest absolute Gasteiger partial charge is 0.322 e. The van der Waals surface area contributed by atoms with E-state index in [1.54, 1.807) is 30.0 Å². The number of halogens is 2. The fourth-order valence-corrected chi connectivity index (χ4v) is 2.71. The Morgan fingerprint density at radius 1 is 1.21 bits per heavy atom. The van der Waals surface area contributed by atoms with Crippen LogP contribution in [0.3, 0.4) is 0 Å². The first-order valence-electron chi connectivity index (χ1n) is 5.50. The molecule has 0 unspecified atom stereocenters. The van der Waals surface area contributed by atoms with Crippen LogP contribution < -0.4 is 5.32 Å². The van der Waals surface area contributed by atoms with Gasteiger partial charge in [-0.1, -0.05) is 27.5 Å². The minimum Gasteiger partial charge on any atom is -0.322 e. The van der Waals surface area contributed by atoms with Crippen molar-refractivity contribution in [3.63, 3.8) is 0 Å². The zero-order valence-corrected chi connectivity index (χ0v) is 13.3. The van der Waals surface area contributed by atoms with Crippen molar-refractivity contribution in [3.05, 3.63) is 57.5 Å². The van der Waals surface area contributed by atoms with Gasteiger partial charge in [-0.15, -0.1) is 11.8 Å². The fourth-order valence-electron chi connectivity index (χ4n) is 1.55. The summed E-state index contributed by atoms with van der Waals surface area (Å²) in [4.78, 5) is 13.2. The van der Waals surface area contributed by atoms with E-state index >= 15 is 0 Å². The van der Waals surface area contributed by atoms with Crippen LogP contribution in [0.1, 0.15) is 10.4 Å². The molecule has 5 heteroatoms. The molecule has 0 aliphatic rings. The van der Waals surface area contributed by atoms with E-state index < -0.39 is 0 Å². The first kappa shape index (κ1) is 14.4. The van der Waals surface area contributed by atoms with Gasteiger partial charge in [0.2, 0.25) is 0 Å². The second kappa shape index (κ2) is 6.46. The van der Waals surface area contributed by atoms with Gasteiger partial charge in [0, 0.05) is 15.1 Å². The molecule has 2 aromatic rings. The summed E-state index contributed by atoms with van der Waals surface area (Å²) < 4.78 is 0.846. The number of carbonyl (C=O) groups excluding carboxylic acids is 1. The van der Waals surface area contributed by atoms with E-state index in [4.69, 9.17) is 11.6 Å². The van der Waals surface area contributed by atoms with Crippen molar-refractivity contribution in [3.8, 4) is 0 Å². The molecule has 0 aliphatic heterocycles. The molecule has 98 valence electrons. The van der Waals surface area contributed by atoms with Gasteiger partial charge >= 0.3 is 0 Å². The highest BCUT2D eigenvalue weighted by Crippen LogP contribution is 2.23. The lowest BCUT2D eigenvalue weighted by atomic mass is 10.2. The quantitative estimate of drug-likeness (QED) is 0.777. The Balaban J connectivity index is 2.15. The van der Waals surface area contributed by atoms with Crippen molar-refractivity contribution in [1.82, 2.24) is 0 Å². The molecule has 0 saturated carbocycles. The summed E-state index contributed by atoms with van der Waals surface area (Å²) in [6.07, 6.45) is 2.01. The lowest BCUT2D eigenvalue weighted by Gasteiger charge is -2.07. The predicted octanol–water partition coefficient (Wildman–Crippen LogP) is 5.08. The van der Waals surface area contributed by atoms with E-state index in [0.29, 0.717) is 10.6 Å². The molecule has 0 bridgehead atoms. The first-order valence-corrected chi connectivity index (χ1v) is 7.90. The van der Waals surface area contributed by atoms with E-state index in [0.717, 1.165) is 15.1 Å². The van der Waals surface area contributed by atoms with Gasteiger partial charge in [0.15, 0.2) is 0 Å². The van der Waals surface area contributed by atoms with E-state index in [1.807, 2.05) is 30.5 Å². The molecule has 0 saturated heterocycles. The Morgan fingerprint density at radius 3 is 2.47 bits per heavy atom. The lowest BCUT2D eigenvalue weighted by molar-refractivity contribution is 0.102. The average Bonchev–Trinajstić information content (AvgIpc) is 2.39. The van der Waals surface area contributed by atoms with Gasteiger partial charge < -0.3 is 5.32 Å². The van der Waals surface area contributed by atoms with Gasteiger partial charge in [0.1, 0.15) is 0 Å². The van der Waals surface area contributed by atoms with Gasteiger partial charge in [0.05, 0.1) is 10.6 Å². The SMILES string of the molecule is CSc1ccc(NC(=O)c2ccc(Br)cc2Cl)cc1. The standard InChI is InChI=1S/C14H11BrClNOS/c1-19-11-5-3-10(4-6-11)17-14(18)12-7-2-9(15)8-13(12)16/h2-8H,1H3,(H,17,18). The molecule has 2 aromatic carbocycles. The van der Waals surface area contributed by atoms with Crippen LogP contribution in [-0.4, -0.2) is 12.2 Å². The van der Waals surface area contributed by atoms with E-state index in [9.17, 15) is 4.79 Å². The van der Waals surface area contributed by atoms with Gasteiger partial charge in [-0.2, -0.15) is 0 Å². The minimum absolute atomic E-state index is 0.214. The van der Waals surface area contributed by atoms with Crippen LogP contribution in [0.25, 0.3) is 0 Å². The lowest BCUT2D eigenvalue weighted by Crippen LogP contribution is -2.12. The molecule has 0 fully saturated rings. The molecule has 2 nitrogen and oxygen atoms in total. The molecule has 1 amide bonds. The highest BCUT2D eigenvalue weighted by atomic mass is 79.9. The molecule has 1 N–H and O–H groups in total. The zero-order valence-electron chi connectivity index (χ0n) is 10.1. The molecule has 19 heavy (non-hydrogen) atoms. The van der Waals surface area contributed by atoms with E-state index in [1.165, 1.54) is 0 Å². The number of carbonyl (C=O) groups is 1. The van der Waals surface area contributed by atoms with Crippen molar-refractivity contribution in [2.24, 2.45) is 0 Å². The number of hydrogen-bond acceptors (Lipinski definition) is 2. The maximum Gasteiger partial charge on any atom is 0.257 e. The number of thioether (sulfide) groups is 1. The van der Waals surface area contributed by atoms with Gasteiger partial charge in [-0.05, 0) is 48.7 Å². The summed E-state index contributed by atoms with van der Waals surface area (Å²) in [7, 11) is 0. The number of rotatable bonds is 3. The van der Waals surface area contributed by atoms with Crippen molar-refractivity contribution >= 4 is 50.9 Å². The third-order valence-electron chi connectivity index (χ3n) is 2.52. The van der Waals surface area contributed by atoms with Crippen LogP contribution in [0.15, 0.2) is 51.8 Å². The van der Waals surface area contributed by atoms with E-state index in [2.05, 4.69) is 21.2 Å². The van der Waals surface area contributed by atoms with Crippen molar-refractivity contribution in [2.75, 3.05) is 11.6 Å². The Labute approximate surface area is 129 Å². The fraction of sp³-hybridized carbons (Fsp3) is 0.0714. The first-order chi connectivity index (χ1) is 9.10. The molecule has 0 spiro atoms. The summed E-state index contributed by atoms with van der Waals surface area (Å²) in [5, 5.41) is 3.25. The third kappa shape index (κ3) is 3.75. The Hall–Kier alpha value is -0.970. The molecule has 0 aromatic heterocycles. The summed E-state index contributed by atoms with van der Waals surface area (Å²) in [5.74, 6) is -0.214. The topological polar surface area (TPSA) is 29.1 Å². The number of anilines is 1. The van der Waals surface area contributed by atoms with Crippen LogP contribution in [0.2, 0.25) is 5.02 Å². The minimum atomic E-state index is -0.214. The maximum atomic E-state index is 12.1. The molecule has 0 heterocycles. The summed E-state index contributed by atoms with van der Waals surface area (Å²) >= 11 is 11.0. The van der Waals surface area contributed by atoms with Gasteiger partial charge in [-0.3, -0.25) is 4.79 Å². The number of benzene rings is 2. The monoisotopic (exact) mass is 355 g/mol. The number of nitrogens with one attached hydrogen (secondary N) is 1. The summed E-state index contributed by atoms with van der Waals surface area (Å²) in [6, 6.07) is 12.9. The zero-order chi connectivity index (χ0) is 13.8. The number of amides is 1. The predicted molar refractivity (Wildman–Crippen MR) is 85.3 cm³/mol. The Kier molecular flexibility index (Phi) is 4.91. The smallest absolute Gasteiger partial charge is 0.257 e. The normalized spacial score (nSPS) is 10.3. The third-order valence-corrected chi connectivity index (χ3v) is 4.07. The second-order valence-corrected chi connectivity index (χ2v) is 6.01. The van der Waals surface area contributed by atoms with Crippen molar-refractivity contribution in [1.29, 1.82) is 0 Å². The summed E-state index contributed by atoms with van der Waals surface area (Å²) in [6.45, 7) is 0. The second-order valence-electron chi connectivity index (χ2n) is 3.81. The average molecular weight is 357 g/mol. The summed E-state index contributed by atoms with van der Waals surface area (Å²) in [5.41, 5.74) is 1.21. The van der Waals surface area contributed by atoms with E-state index in [-0.39, 0.29) is 5.91 Å². The molecule has 2 rings (SSSR count). The molecule has 0 radical (unpaired) electrons. The highest BCUT2D eigenvalue weighted by Gasteiger charge is 2.10. The highest BCUT2D eigenvalue weighted by molar-refractivity contribution is 9.10. The van der Waals surface area contributed by atoms with Gasteiger partial charge in [0.25, 0.3) is 5.91 Å². The van der Waals surface area contributed by atoms with Crippen molar-refractivity contribution in [2.45, 2.75) is 4.90 Å². The van der Waals surface area contributed by atoms with Crippen LogP contribution >= 0.6 is 39.3 Å². The van der Waals surface area contributed by atoms with Crippen LogP contribution in [0.4, 0.5) is 5.69 Å². The van der Waals surface area contributed by atoms with Crippen molar-refractivity contribution < 1.29 is 4.79 Å². The Bertz CT molecular complexity index is 601. The molecule has 0 atom stereocenters. The molecule has 0 aliphatic carbocycles. The number of hydrogen-bond donors (Lipinski definition) is 1. The van der Waals surface area contributed by atoms with Crippen LogP contribution in [-0.2, 0) is 0 Å². The van der Waals surface area contributed by atoms with Crippen LogP contribution in [0, 0.1) is 0 Å². The Morgan fingerprint density at radius 2 is 1.89 bits per heavy atom. The molecular weight excluding hydrogens is 346 g/mol. The van der Waals surface area contributed by atoms with Crippen LogP contribution in [0.5, 0.6) is 0 Å². The molecular formula is C14H11BrClNOS.